The second-order valence-corrected chi connectivity index (χ2v) is 6.41. The predicted octanol–water partition coefficient (Wildman–Crippen LogP) is 4.58. The molecule has 1 heterocycles. The molecular weight excluding hydrogens is 329 g/mol. The third kappa shape index (κ3) is 4.38. The van der Waals surface area contributed by atoms with Crippen molar-refractivity contribution in [1.29, 1.82) is 0 Å². The van der Waals surface area contributed by atoms with E-state index in [4.69, 9.17) is 0 Å². The van der Waals surface area contributed by atoms with Crippen LogP contribution in [0.5, 0.6) is 0 Å². The van der Waals surface area contributed by atoms with Gasteiger partial charge in [-0.15, -0.1) is 0 Å². The molecule has 1 saturated carbocycles. The minimum Gasteiger partial charge on any atom is -0.308 e. The molecular formula is C19H19F3N2O. The number of rotatable bonds is 4. The molecule has 0 bridgehead atoms. The zero-order chi connectivity index (χ0) is 17.9. The van der Waals surface area contributed by atoms with Gasteiger partial charge >= 0.3 is 0 Å². The molecule has 0 radical (unpaired) electrons. The molecule has 3 rings (SSSR count). The molecule has 1 atom stereocenters. The zero-order valence-corrected chi connectivity index (χ0v) is 13.7. The Labute approximate surface area is 144 Å². The van der Waals surface area contributed by atoms with Gasteiger partial charge < -0.3 is 4.90 Å². The number of aromatic nitrogens is 1. The van der Waals surface area contributed by atoms with Crippen LogP contribution in [0.1, 0.15) is 31.2 Å². The van der Waals surface area contributed by atoms with Gasteiger partial charge in [0.1, 0.15) is 5.82 Å². The van der Waals surface area contributed by atoms with E-state index in [9.17, 15) is 18.0 Å². The fourth-order valence-corrected chi connectivity index (χ4v) is 3.19. The normalized spacial score (nSPS) is 19.4. The highest BCUT2D eigenvalue weighted by molar-refractivity contribution is 5.95. The number of halogens is 3. The minimum atomic E-state index is -2.80. The number of carbonyl (C=O) groups excluding carboxylic acids is 1. The Morgan fingerprint density at radius 2 is 2.00 bits per heavy atom. The number of hydrogen-bond donors (Lipinski definition) is 0. The number of anilines is 1. The van der Waals surface area contributed by atoms with Gasteiger partial charge in [0.25, 0.3) is 0 Å². The summed E-state index contributed by atoms with van der Waals surface area (Å²) >= 11 is 0. The van der Waals surface area contributed by atoms with Crippen LogP contribution in [0.4, 0.5) is 18.9 Å². The highest BCUT2D eigenvalue weighted by atomic mass is 19.3. The summed E-state index contributed by atoms with van der Waals surface area (Å²) in [5.74, 6) is -4.30. The van der Waals surface area contributed by atoms with Crippen LogP contribution in [0.25, 0.3) is 0 Å². The first-order valence-corrected chi connectivity index (χ1v) is 8.28. The molecule has 1 aromatic heterocycles. The first-order chi connectivity index (χ1) is 11.9. The summed E-state index contributed by atoms with van der Waals surface area (Å²) in [4.78, 5) is 18.4. The van der Waals surface area contributed by atoms with Gasteiger partial charge in [0.2, 0.25) is 11.8 Å². The molecule has 1 aromatic carbocycles. The Balaban J connectivity index is 1.87. The third-order valence-corrected chi connectivity index (χ3v) is 4.46. The topological polar surface area (TPSA) is 33.2 Å². The Hall–Kier alpha value is -2.37. The van der Waals surface area contributed by atoms with E-state index in [-0.39, 0.29) is 18.9 Å². The SMILES string of the molecule is O=C([C@@H]1CCCC(F)(F)C1)N(Cc1cccnc1)c1ccc(F)cc1. The van der Waals surface area contributed by atoms with Crippen molar-refractivity contribution in [3.05, 3.63) is 60.2 Å². The number of hydrogen-bond acceptors (Lipinski definition) is 2. The molecule has 0 saturated heterocycles. The first kappa shape index (κ1) is 17.5. The quantitative estimate of drug-likeness (QED) is 0.810. The summed E-state index contributed by atoms with van der Waals surface area (Å²) in [6.45, 7) is 0.209. The van der Waals surface area contributed by atoms with E-state index < -0.39 is 24.1 Å². The van der Waals surface area contributed by atoms with Crippen molar-refractivity contribution in [2.45, 2.75) is 38.2 Å². The maximum atomic E-state index is 13.7. The lowest BCUT2D eigenvalue weighted by Gasteiger charge is -2.32. The standard InChI is InChI=1S/C19H19F3N2O/c20-16-5-7-17(8-6-16)24(13-14-3-2-10-23-12-14)18(25)15-4-1-9-19(21,22)11-15/h2-3,5-8,10,12,15H,1,4,9,11,13H2/t15-/m1/s1. The maximum Gasteiger partial charge on any atom is 0.248 e. The van der Waals surface area contributed by atoms with Crippen LogP contribution < -0.4 is 4.90 Å². The molecule has 132 valence electrons. The Morgan fingerprint density at radius 1 is 1.24 bits per heavy atom. The van der Waals surface area contributed by atoms with Crippen LogP contribution in [-0.2, 0) is 11.3 Å². The van der Waals surface area contributed by atoms with Crippen molar-refractivity contribution in [1.82, 2.24) is 4.98 Å². The van der Waals surface area contributed by atoms with Crippen LogP contribution >= 0.6 is 0 Å². The fraction of sp³-hybridized carbons (Fsp3) is 0.368. The van der Waals surface area contributed by atoms with E-state index in [1.165, 1.54) is 29.2 Å². The Kier molecular flexibility index (Phi) is 5.06. The summed E-state index contributed by atoms with van der Waals surface area (Å²) in [6, 6.07) is 9.06. The first-order valence-electron chi connectivity index (χ1n) is 8.28. The maximum absolute atomic E-state index is 13.7. The summed E-state index contributed by atoms with van der Waals surface area (Å²) in [6.07, 6.45) is 3.41. The van der Waals surface area contributed by atoms with Gasteiger partial charge in [-0.05, 0) is 48.7 Å². The number of alkyl halides is 2. The van der Waals surface area contributed by atoms with Gasteiger partial charge in [-0.3, -0.25) is 9.78 Å². The molecule has 0 N–H and O–H groups in total. The molecule has 3 nitrogen and oxygen atoms in total. The molecule has 1 fully saturated rings. The van der Waals surface area contributed by atoms with Gasteiger partial charge in [0, 0.05) is 36.8 Å². The minimum absolute atomic E-state index is 0.171. The van der Waals surface area contributed by atoms with Crippen molar-refractivity contribution in [3.8, 4) is 0 Å². The van der Waals surface area contributed by atoms with Crippen LogP contribution in [0.15, 0.2) is 48.8 Å². The molecule has 1 amide bonds. The Bertz CT molecular complexity index is 719. The van der Waals surface area contributed by atoms with E-state index >= 15 is 0 Å². The summed E-state index contributed by atoms with van der Waals surface area (Å²) in [5, 5.41) is 0. The van der Waals surface area contributed by atoms with Gasteiger partial charge in [-0.25, -0.2) is 13.2 Å². The van der Waals surface area contributed by atoms with Crippen LogP contribution in [0, 0.1) is 11.7 Å². The number of nitrogens with zero attached hydrogens (tertiary/aromatic N) is 2. The van der Waals surface area contributed by atoms with E-state index in [2.05, 4.69) is 4.98 Å². The second-order valence-electron chi connectivity index (χ2n) is 6.41. The number of carbonyl (C=O) groups is 1. The highest BCUT2D eigenvalue weighted by Gasteiger charge is 2.40. The van der Waals surface area contributed by atoms with Crippen LogP contribution in [-0.4, -0.2) is 16.8 Å². The monoisotopic (exact) mass is 348 g/mol. The molecule has 0 aliphatic heterocycles. The molecule has 0 spiro atoms. The van der Waals surface area contributed by atoms with E-state index in [0.717, 1.165) is 5.56 Å². The van der Waals surface area contributed by atoms with Gasteiger partial charge in [0.15, 0.2) is 0 Å². The molecule has 6 heteroatoms. The average molecular weight is 348 g/mol. The number of pyridine rings is 1. The van der Waals surface area contributed by atoms with E-state index in [1.807, 2.05) is 6.07 Å². The lowest BCUT2D eigenvalue weighted by atomic mass is 9.85. The fourth-order valence-electron chi connectivity index (χ4n) is 3.19. The Morgan fingerprint density at radius 3 is 2.64 bits per heavy atom. The second kappa shape index (κ2) is 7.25. The lowest BCUT2D eigenvalue weighted by Crippen LogP contribution is -2.40. The summed E-state index contributed by atoms with van der Waals surface area (Å²) in [5.41, 5.74) is 1.27. The largest absolute Gasteiger partial charge is 0.308 e. The van der Waals surface area contributed by atoms with Gasteiger partial charge in [-0.1, -0.05) is 6.07 Å². The van der Waals surface area contributed by atoms with Crippen molar-refractivity contribution >= 4 is 11.6 Å². The molecule has 1 aliphatic carbocycles. The van der Waals surface area contributed by atoms with Crippen molar-refractivity contribution in [2.24, 2.45) is 5.92 Å². The highest BCUT2D eigenvalue weighted by Crippen LogP contribution is 2.38. The van der Waals surface area contributed by atoms with Gasteiger partial charge in [-0.2, -0.15) is 0 Å². The molecule has 25 heavy (non-hydrogen) atoms. The summed E-state index contributed by atoms with van der Waals surface area (Å²) < 4.78 is 40.7. The number of benzene rings is 1. The number of amides is 1. The van der Waals surface area contributed by atoms with Crippen LogP contribution in [0.3, 0.4) is 0 Å². The van der Waals surface area contributed by atoms with Crippen molar-refractivity contribution in [2.75, 3.05) is 4.90 Å². The predicted molar refractivity (Wildman–Crippen MR) is 88.7 cm³/mol. The van der Waals surface area contributed by atoms with Crippen molar-refractivity contribution in [3.63, 3.8) is 0 Å². The van der Waals surface area contributed by atoms with Gasteiger partial charge in [0.05, 0.1) is 6.54 Å². The van der Waals surface area contributed by atoms with E-state index in [1.54, 1.807) is 18.5 Å². The van der Waals surface area contributed by atoms with Crippen molar-refractivity contribution < 1.29 is 18.0 Å². The molecule has 1 aliphatic rings. The third-order valence-electron chi connectivity index (χ3n) is 4.46. The van der Waals surface area contributed by atoms with Crippen LogP contribution in [0.2, 0.25) is 0 Å². The zero-order valence-electron chi connectivity index (χ0n) is 13.7. The molecule has 2 aromatic rings. The summed E-state index contributed by atoms with van der Waals surface area (Å²) in [7, 11) is 0. The van der Waals surface area contributed by atoms with E-state index in [0.29, 0.717) is 18.5 Å². The average Bonchev–Trinajstić information content (AvgIpc) is 2.60. The lowest BCUT2D eigenvalue weighted by molar-refractivity contribution is -0.129. The smallest absolute Gasteiger partial charge is 0.248 e. The molecule has 0 unspecified atom stereocenters.